The summed E-state index contributed by atoms with van der Waals surface area (Å²) in [6.07, 6.45) is 0. The zero-order valence-electron chi connectivity index (χ0n) is 44.5. The Hall–Kier alpha value is -8.23. The van der Waals surface area contributed by atoms with Crippen molar-refractivity contribution in [2.75, 3.05) is 111 Å². The van der Waals surface area contributed by atoms with E-state index >= 15 is 0 Å². The van der Waals surface area contributed by atoms with Crippen LogP contribution in [0.5, 0.6) is 11.5 Å². The molecule has 6 aromatic carbocycles. The van der Waals surface area contributed by atoms with Gasteiger partial charge in [0.25, 0.3) is 43.7 Å². The second-order valence-corrected chi connectivity index (χ2v) is 23.0. The molecule has 428 valence electrons. The van der Waals surface area contributed by atoms with Crippen LogP contribution in [0.25, 0.3) is 0 Å². The molecule has 25 heteroatoms. The molecule has 6 aromatic rings. The molecular formula is C57H59ClN10O12S2. The smallest absolute Gasteiger partial charge is 0.276 e. The van der Waals surface area contributed by atoms with Crippen LogP contribution in [0.3, 0.4) is 0 Å². The van der Waals surface area contributed by atoms with Gasteiger partial charge in [-0.05, 0) is 104 Å². The Labute approximate surface area is 479 Å². The number of carbonyl (C=O) groups is 4. The summed E-state index contributed by atoms with van der Waals surface area (Å²) >= 11 is 6.01. The number of aryl methyl sites for hydroxylation is 1. The van der Waals surface area contributed by atoms with Crippen LogP contribution >= 0.6 is 11.6 Å². The molecule has 0 unspecified atom stereocenters. The zero-order valence-corrected chi connectivity index (χ0v) is 46.9. The van der Waals surface area contributed by atoms with E-state index in [9.17, 15) is 36.0 Å². The van der Waals surface area contributed by atoms with E-state index in [1.807, 2.05) is 6.92 Å². The lowest BCUT2D eigenvalue weighted by Crippen LogP contribution is -2.40. The molecule has 0 aliphatic carbocycles. The summed E-state index contributed by atoms with van der Waals surface area (Å²) in [5, 5.41) is 13.7. The SMILES string of the molecule is Cc1ccc(N(CC(=O)NN=C2C(=O)Nc3ccccc32)S(=O)(=O)c2ccc(OCCN3CCOCC3)cc2)cc1.O=C(CN(c1ccc(Cl)cc1)S(=O)(=O)c1ccc(OCCN2CCOCC2)cc1)NN=C1C(=O)Nc2ccccc21. The lowest BCUT2D eigenvalue weighted by Gasteiger charge is -2.26. The molecule has 4 heterocycles. The Morgan fingerprint density at radius 3 is 1.34 bits per heavy atom. The van der Waals surface area contributed by atoms with Crippen LogP contribution in [0.4, 0.5) is 22.7 Å². The molecule has 4 amide bonds. The molecule has 82 heavy (non-hydrogen) atoms. The standard InChI is InChI=1S/C29H31N5O6S.C28H28ClN5O6S/c1-21-6-8-22(9-7-21)34(20-27(35)31-32-28-25-4-2-3-5-26(25)30-29(28)36)41(37,38)24-12-10-23(11-13-24)40-19-16-33-14-17-39-18-15-33;29-20-5-7-21(8-6-20)34(19-26(35)31-32-27-24-3-1-2-4-25(24)30-28(27)36)41(37,38)23-11-9-22(10-12-23)40-18-15-33-13-16-39-17-14-33/h2-13H,14-20H2,1H3,(H,31,35)(H,30,32,36);1-12H,13-19H2,(H,31,35)(H,30,32,36). The van der Waals surface area contributed by atoms with E-state index in [0.717, 1.165) is 53.4 Å². The second kappa shape index (κ2) is 27.0. The van der Waals surface area contributed by atoms with Gasteiger partial charge in [0.1, 0.15) is 37.8 Å². The fraction of sp³-hybridized carbons (Fsp3) is 0.263. The zero-order chi connectivity index (χ0) is 57.6. The number of halogens is 1. The van der Waals surface area contributed by atoms with Gasteiger partial charge in [0.2, 0.25) is 0 Å². The summed E-state index contributed by atoms with van der Waals surface area (Å²) in [4.78, 5) is 55.0. The van der Waals surface area contributed by atoms with Crippen molar-refractivity contribution in [3.05, 3.63) is 167 Å². The third kappa shape index (κ3) is 14.8. The number of nitrogens with one attached hydrogen (secondary N) is 4. The average molecular weight is 1180 g/mol. The average Bonchev–Trinajstić information content (AvgIpc) is 4.05. The van der Waals surface area contributed by atoms with Crippen molar-refractivity contribution >= 4 is 89.4 Å². The molecule has 22 nitrogen and oxygen atoms in total. The summed E-state index contributed by atoms with van der Waals surface area (Å²) < 4.78 is 79.2. The lowest BCUT2D eigenvalue weighted by atomic mass is 10.1. The topological polar surface area (TPSA) is 259 Å². The monoisotopic (exact) mass is 1170 g/mol. The van der Waals surface area contributed by atoms with Gasteiger partial charge in [0.05, 0.1) is 59.0 Å². The molecule has 0 aromatic heterocycles. The van der Waals surface area contributed by atoms with Crippen molar-refractivity contribution in [1.82, 2.24) is 20.7 Å². The van der Waals surface area contributed by atoms with Gasteiger partial charge < -0.3 is 29.6 Å². The fourth-order valence-electron chi connectivity index (χ4n) is 8.85. The number of para-hydroxylation sites is 2. The van der Waals surface area contributed by atoms with Gasteiger partial charge in [0, 0.05) is 55.4 Å². The number of hydrogen-bond acceptors (Lipinski definition) is 16. The summed E-state index contributed by atoms with van der Waals surface area (Å²) in [5.74, 6) is -1.30. The normalized spacial score (nSPS) is 16.2. The highest BCUT2D eigenvalue weighted by Gasteiger charge is 2.31. The van der Waals surface area contributed by atoms with Crippen LogP contribution in [0.1, 0.15) is 16.7 Å². The first-order valence-electron chi connectivity index (χ1n) is 26.1. The molecule has 0 saturated carbocycles. The highest BCUT2D eigenvalue weighted by Crippen LogP contribution is 2.29. The number of morpholine rings is 2. The lowest BCUT2D eigenvalue weighted by molar-refractivity contribution is -0.120. The van der Waals surface area contributed by atoms with Gasteiger partial charge >= 0.3 is 0 Å². The Kier molecular flexibility index (Phi) is 19.3. The molecule has 4 N–H and O–H groups in total. The first-order chi connectivity index (χ1) is 39.6. The second-order valence-electron chi connectivity index (χ2n) is 18.9. The minimum absolute atomic E-state index is 0.00168. The quantitative estimate of drug-likeness (QED) is 0.0727. The van der Waals surface area contributed by atoms with E-state index in [0.29, 0.717) is 84.4 Å². The highest BCUT2D eigenvalue weighted by molar-refractivity contribution is 7.93. The number of anilines is 4. The Bertz CT molecular complexity index is 3310. The van der Waals surface area contributed by atoms with E-state index in [4.69, 9.17) is 30.5 Å². The van der Waals surface area contributed by atoms with Crippen molar-refractivity contribution in [2.45, 2.75) is 16.7 Å². The Morgan fingerprint density at radius 2 is 0.939 bits per heavy atom. The van der Waals surface area contributed by atoms with Crippen molar-refractivity contribution in [2.24, 2.45) is 10.2 Å². The van der Waals surface area contributed by atoms with E-state index in [1.165, 1.54) is 48.5 Å². The third-order valence-corrected chi connectivity index (χ3v) is 17.1. The minimum atomic E-state index is -4.19. The summed E-state index contributed by atoms with van der Waals surface area (Å²) in [5.41, 5.74) is 8.45. The van der Waals surface area contributed by atoms with Crippen LogP contribution in [-0.2, 0) is 48.7 Å². The maximum Gasteiger partial charge on any atom is 0.276 e. The maximum absolute atomic E-state index is 13.7. The van der Waals surface area contributed by atoms with Gasteiger partial charge in [-0.1, -0.05) is 65.7 Å². The summed E-state index contributed by atoms with van der Waals surface area (Å²) in [6, 6.07) is 38.9. The number of hydrogen-bond donors (Lipinski definition) is 4. The number of fused-ring (bicyclic) bond motifs is 2. The number of benzene rings is 6. The first-order valence-corrected chi connectivity index (χ1v) is 29.4. The van der Waals surface area contributed by atoms with Crippen LogP contribution in [-0.4, -0.2) is 154 Å². The Balaban J connectivity index is 0.000000198. The third-order valence-electron chi connectivity index (χ3n) is 13.3. The molecule has 0 bridgehead atoms. The molecule has 4 aliphatic rings. The van der Waals surface area contributed by atoms with Crippen molar-refractivity contribution in [3.63, 3.8) is 0 Å². The highest BCUT2D eigenvalue weighted by atomic mass is 35.5. The van der Waals surface area contributed by atoms with Crippen molar-refractivity contribution in [1.29, 1.82) is 0 Å². The molecule has 2 saturated heterocycles. The van der Waals surface area contributed by atoms with Gasteiger partial charge in [-0.15, -0.1) is 0 Å². The molecule has 10 rings (SSSR count). The molecule has 2 fully saturated rings. The van der Waals surface area contributed by atoms with Gasteiger partial charge in [-0.2, -0.15) is 10.2 Å². The van der Waals surface area contributed by atoms with Gasteiger partial charge in [0.15, 0.2) is 11.4 Å². The summed E-state index contributed by atoms with van der Waals surface area (Å²) in [7, 11) is -8.34. The van der Waals surface area contributed by atoms with Gasteiger partial charge in [-0.25, -0.2) is 27.7 Å². The number of ether oxygens (including phenoxy) is 4. The minimum Gasteiger partial charge on any atom is -0.492 e. The van der Waals surface area contributed by atoms with Crippen LogP contribution in [0, 0.1) is 6.92 Å². The molecule has 4 aliphatic heterocycles. The van der Waals surface area contributed by atoms with Crippen LogP contribution in [0.15, 0.2) is 166 Å². The van der Waals surface area contributed by atoms with E-state index < -0.39 is 56.8 Å². The number of rotatable bonds is 20. The fourth-order valence-corrected chi connectivity index (χ4v) is 11.8. The predicted octanol–water partition coefficient (Wildman–Crippen LogP) is 5.09. The largest absolute Gasteiger partial charge is 0.492 e. The molecular weight excluding hydrogens is 1120 g/mol. The van der Waals surface area contributed by atoms with Crippen LogP contribution in [0.2, 0.25) is 5.02 Å². The van der Waals surface area contributed by atoms with Crippen molar-refractivity contribution in [3.8, 4) is 11.5 Å². The van der Waals surface area contributed by atoms with Gasteiger partial charge in [-0.3, -0.25) is 37.6 Å². The number of amides is 4. The molecule has 0 radical (unpaired) electrons. The van der Waals surface area contributed by atoms with Crippen molar-refractivity contribution < 1.29 is 55.0 Å². The van der Waals surface area contributed by atoms with E-state index in [2.05, 4.69) is 41.5 Å². The van der Waals surface area contributed by atoms with Crippen LogP contribution < -0.4 is 39.6 Å². The first kappa shape index (κ1) is 58.4. The maximum atomic E-state index is 13.7. The molecule has 0 spiro atoms. The number of hydrazone groups is 2. The number of nitrogens with zero attached hydrogens (tertiary/aromatic N) is 6. The Morgan fingerprint density at radius 1 is 0.561 bits per heavy atom. The predicted molar refractivity (Wildman–Crippen MR) is 310 cm³/mol. The summed E-state index contributed by atoms with van der Waals surface area (Å²) in [6.45, 7) is 9.36. The van der Waals surface area contributed by atoms with E-state index in [-0.39, 0.29) is 26.9 Å². The number of carbonyl (C=O) groups excluding carboxylic acids is 4. The van der Waals surface area contributed by atoms with E-state index in [1.54, 1.807) is 97.1 Å². The molecule has 0 atom stereocenters. The number of sulfonamides is 2.